The maximum atomic E-state index is 11.0. The maximum Gasteiger partial charge on any atom is 0.296 e. The minimum Gasteiger partial charge on any atom is -0.333 e. The van der Waals surface area contributed by atoms with Gasteiger partial charge in [0, 0.05) is 0 Å². The first-order valence-electron chi connectivity index (χ1n) is 4.81. The Bertz CT molecular complexity index is 387. The molecule has 0 radical (unpaired) electrons. The van der Waals surface area contributed by atoms with E-state index in [2.05, 4.69) is 32.4 Å². The van der Waals surface area contributed by atoms with Crippen molar-refractivity contribution in [2.24, 2.45) is 0 Å². The van der Waals surface area contributed by atoms with Crippen LogP contribution in [-0.4, -0.2) is 48.2 Å². The molecule has 0 fully saturated rings. The van der Waals surface area contributed by atoms with Crippen molar-refractivity contribution in [1.82, 2.24) is 0 Å². The van der Waals surface area contributed by atoms with Crippen molar-refractivity contribution in [3.8, 4) is 0 Å². The van der Waals surface area contributed by atoms with Crippen LogP contribution in [0.2, 0.25) is 0 Å². The van der Waals surface area contributed by atoms with E-state index in [0.717, 1.165) is 11.6 Å². The normalized spacial score (nSPS) is 11.6. The van der Waals surface area contributed by atoms with Gasteiger partial charge in [0.1, 0.15) is 0 Å². The van der Waals surface area contributed by atoms with E-state index in [0.29, 0.717) is 0 Å². The van der Waals surface area contributed by atoms with E-state index in [1.165, 1.54) is 12.1 Å². The standard InChI is InChI=1S/C7H8O3S.C4H12N/c1-10-11(8,9)7-5-3-2-4-6-7;1-5(2,3)4/h2-6H,1H3;1-4H3/q;+1. The molecule has 1 aromatic rings. The van der Waals surface area contributed by atoms with Crippen LogP contribution in [0.4, 0.5) is 0 Å². The molecule has 0 aliphatic heterocycles. The molecule has 0 bridgehead atoms. The van der Waals surface area contributed by atoms with E-state index in [4.69, 9.17) is 0 Å². The minimum atomic E-state index is -3.50. The predicted molar refractivity (Wildman–Crippen MR) is 64.6 cm³/mol. The Morgan fingerprint density at radius 3 is 1.69 bits per heavy atom. The molecule has 0 aliphatic carbocycles. The van der Waals surface area contributed by atoms with Crippen molar-refractivity contribution in [1.29, 1.82) is 0 Å². The number of nitrogens with zero attached hydrogens (tertiary/aromatic N) is 1. The van der Waals surface area contributed by atoms with Crippen LogP contribution in [0, 0.1) is 0 Å². The van der Waals surface area contributed by atoms with Crippen LogP contribution in [0.3, 0.4) is 0 Å². The Hall–Kier alpha value is -0.910. The van der Waals surface area contributed by atoms with Gasteiger partial charge < -0.3 is 4.48 Å². The average Bonchev–Trinajstić information content (AvgIpc) is 2.17. The predicted octanol–water partition coefficient (Wildman–Crippen LogP) is 1.34. The summed E-state index contributed by atoms with van der Waals surface area (Å²) < 4.78 is 27.3. The van der Waals surface area contributed by atoms with E-state index in [1.807, 2.05) is 0 Å². The molecule has 16 heavy (non-hydrogen) atoms. The average molecular weight is 246 g/mol. The van der Waals surface area contributed by atoms with Gasteiger partial charge in [-0.3, -0.25) is 4.18 Å². The van der Waals surface area contributed by atoms with Crippen molar-refractivity contribution in [2.75, 3.05) is 35.3 Å². The maximum absolute atomic E-state index is 11.0. The molecule has 1 rings (SSSR count). The van der Waals surface area contributed by atoms with Crippen molar-refractivity contribution in [2.45, 2.75) is 4.90 Å². The highest BCUT2D eigenvalue weighted by Gasteiger charge is 2.10. The van der Waals surface area contributed by atoms with Gasteiger partial charge in [0.15, 0.2) is 0 Å². The topological polar surface area (TPSA) is 43.4 Å². The van der Waals surface area contributed by atoms with Gasteiger partial charge in [-0.15, -0.1) is 0 Å². The quantitative estimate of drug-likeness (QED) is 0.584. The van der Waals surface area contributed by atoms with Crippen molar-refractivity contribution in [3.63, 3.8) is 0 Å². The molecule has 0 saturated heterocycles. The molecule has 0 amide bonds. The first-order valence-corrected chi connectivity index (χ1v) is 6.22. The molecule has 0 heterocycles. The minimum absolute atomic E-state index is 0.183. The van der Waals surface area contributed by atoms with Gasteiger partial charge in [0.05, 0.1) is 40.2 Å². The van der Waals surface area contributed by atoms with E-state index in [-0.39, 0.29) is 4.90 Å². The summed E-state index contributed by atoms with van der Waals surface area (Å²) in [5.41, 5.74) is 0. The lowest BCUT2D eigenvalue weighted by Gasteiger charge is -2.14. The molecule has 92 valence electrons. The monoisotopic (exact) mass is 246 g/mol. The Morgan fingerprint density at radius 2 is 1.38 bits per heavy atom. The number of hydrogen-bond donors (Lipinski definition) is 0. The van der Waals surface area contributed by atoms with Gasteiger partial charge in [0.2, 0.25) is 0 Å². The summed E-state index contributed by atoms with van der Waals surface area (Å²) in [6, 6.07) is 8.00. The first-order chi connectivity index (χ1) is 7.17. The van der Waals surface area contributed by atoms with Crippen LogP contribution in [-0.2, 0) is 14.3 Å². The lowest BCUT2D eigenvalue weighted by atomic mass is 10.4. The van der Waals surface area contributed by atoms with Gasteiger partial charge in [-0.25, -0.2) is 0 Å². The van der Waals surface area contributed by atoms with Gasteiger partial charge in [-0.2, -0.15) is 8.42 Å². The zero-order valence-electron chi connectivity index (χ0n) is 10.5. The Balaban J connectivity index is 0.000000385. The van der Waals surface area contributed by atoms with Crippen molar-refractivity contribution in [3.05, 3.63) is 30.3 Å². The van der Waals surface area contributed by atoms with Crippen molar-refractivity contribution >= 4 is 10.1 Å². The summed E-state index contributed by atoms with van der Waals surface area (Å²) in [5.74, 6) is 0. The summed E-state index contributed by atoms with van der Waals surface area (Å²) in [6.07, 6.45) is 0. The molecule has 0 saturated carbocycles. The molecular formula is C11H20NO3S+. The molecule has 0 aliphatic rings. The lowest BCUT2D eigenvalue weighted by molar-refractivity contribution is -0.849. The summed E-state index contributed by atoms with van der Waals surface area (Å²) in [7, 11) is 6.14. The van der Waals surface area contributed by atoms with E-state index in [1.54, 1.807) is 18.2 Å². The summed E-state index contributed by atoms with van der Waals surface area (Å²) in [4.78, 5) is 0.183. The zero-order valence-corrected chi connectivity index (χ0v) is 11.3. The number of hydrogen-bond acceptors (Lipinski definition) is 3. The number of rotatable bonds is 2. The third-order valence-electron chi connectivity index (χ3n) is 1.25. The number of quaternary nitrogens is 1. The van der Waals surface area contributed by atoms with Gasteiger partial charge in [-0.05, 0) is 12.1 Å². The summed E-state index contributed by atoms with van der Waals surface area (Å²) >= 11 is 0. The van der Waals surface area contributed by atoms with Crippen LogP contribution in [0.25, 0.3) is 0 Å². The van der Waals surface area contributed by atoms with Crippen LogP contribution >= 0.6 is 0 Å². The lowest BCUT2D eigenvalue weighted by Crippen LogP contribution is -2.27. The van der Waals surface area contributed by atoms with Crippen LogP contribution in [0.1, 0.15) is 0 Å². The molecule has 0 unspecified atom stereocenters. The van der Waals surface area contributed by atoms with E-state index < -0.39 is 10.1 Å². The van der Waals surface area contributed by atoms with E-state index in [9.17, 15) is 8.42 Å². The largest absolute Gasteiger partial charge is 0.333 e. The highest BCUT2D eigenvalue weighted by atomic mass is 32.2. The number of benzene rings is 1. The molecule has 4 nitrogen and oxygen atoms in total. The Morgan fingerprint density at radius 1 is 1.00 bits per heavy atom. The SMILES string of the molecule is COS(=O)(=O)c1ccccc1.C[N+](C)(C)C. The van der Waals surface area contributed by atoms with Gasteiger partial charge in [0.25, 0.3) is 10.1 Å². The zero-order chi connectivity index (χ0) is 12.8. The van der Waals surface area contributed by atoms with Crippen LogP contribution < -0.4 is 0 Å². The highest BCUT2D eigenvalue weighted by Crippen LogP contribution is 2.09. The molecule has 0 N–H and O–H groups in total. The molecule has 0 atom stereocenters. The fourth-order valence-corrected chi connectivity index (χ4v) is 1.37. The van der Waals surface area contributed by atoms with Gasteiger partial charge in [-0.1, -0.05) is 18.2 Å². The second kappa shape index (κ2) is 5.98. The Kier molecular flexibility index (Phi) is 5.64. The molecular weight excluding hydrogens is 226 g/mol. The van der Waals surface area contributed by atoms with Crippen LogP contribution in [0.5, 0.6) is 0 Å². The van der Waals surface area contributed by atoms with Crippen LogP contribution in [0.15, 0.2) is 35.2 Å². The molecule has 0 aromatic heterocycles. The van der Waals surface area contributed by atoms with Gasteiger partial charge >= 0.3 is 0 Å². The fraction of sp³-hybridized carbons (Fsp3) is 0.455. The molecule has 5 heteroatoms. The summed E-state index contributed by atoms with van der Waals surface area (Å²) in [6.45, 7) is 0. The Labute approximate surface area is 98.2 Å². The van der Waals surface area contributed by atoms with Crippen molar-refractivity contribution < 1.29 is 17.1 Å². The second-order valence-corrected chi connectivity index (χ2v) is 6.33. The molecule has 1 aromatic carbocycles. The first kappa shape index (κ1) is 15.1. The molecule has 0 spiro atoms. The third-order valence-corrected chi connectivity index (χ3v) is 2.54. The fourth-order valence-electron chi connectivity index (χ4n) is 0.683. The summed E-state index contributed by atoms with van der Waals surface area (Å²) in [5, 5.41) is 0. The van der Waals surface area contributed by atoms with E-state index >= 15 is 0 Å². The smallest absolute Gasteiger partial charge is 0.296 e. The second-order valence-electron chi connectivity index (χ2n) is 4.62. The highest BCUT2D eigenvalue weighted by molar-refractivity contribution is 7.86. The third kappa shape index (κ3) is 7.39.